The summed E-state index contributed by atoms with van der Waals surface area (Å²) in [6.07, 6.45) is 3.31. The maximum absolute atomic E-state index is 6.39. The lowest BCUT2D eigenvalue weighted by Crippen LogP contribution is -2.15. The Morgan fingerprint density at radius 2 is 1.82 bits per heavy atom. The van der Waals surface area contributed by atoms with Crippen molar-refractivity contribution in [1.82, 2.24) is 4.98 Å². The third kappa shape index (κ3) is 3.37. The Kier molecular flexibility index (Phi) is 5.06. The zero-order chi connectivity index (χ0) is 23.8. The van der Waals surface area contributed by atoms with Crippen LogP contribution in [0.2, 0.25) is 0 Å². The summed E-state index contributed by atoms with van der Waals surface area (Å²) < 4.78 is 10.4. The predicted octanol–water partition coefficient (Wildman–Crippen LogP) is 9.54. The second kappa shape index (κ2) is 7.79. The Labute approximate surface area is 209 Å². The van der Waals surface area contributed by atoms with Gasteiger partial charge in [-0.3, -0.25) is 4.98 Å². The molecule has 3 aromatic heterocycles. The van der Waals surface area contributed by atoms with Crippen molar-refractivity contribution >= 4 is 52.9 Å². The van der Waals surface area contributed by atoms with Crippen molar-refractivity contribution in [1.29, 1.82) is 0 Å². The van der Waals surface area contributed by atoms with Crippen LogP contribution in [0.3, 0.4) is 0 Å². The Morgan fingerprint density at radius 3 is 2.59 bits per heavy atom. The molecule has 5 aromatic rings. The molecule has 1 aliphatic heterocycles. The Hall–Kier alpha value is -2.43. The van der Waals surface area contributed by atoms with Crippen molar-refractivity contribution in [3.05, 3.63) is 59.1 Å². The van der Waals surface area contributed by atoms with Crippen LogP contribution in [0.4, 0.5) is 0 Å². The van der Waals surface area contributed by atoms with Gasteiger partial charge in [0.15, 0.2) is 0 Å². The van der Waals surface area contributed by atoms with Gasteiger partial charge in [-0.1, -0.05) is 34.6 Å². The highest BCUT2D eigenvalue weighted by Crippen LogP contribution is 2.51. The van der Waals surface area contributed by atoms with Gasteiger partial charge < -0.3 is 4.74 Å². The van der Waals surface area contributed by atoms with E-state index in [0.29, 0.717) is 11.8 Å². The second-order valence-corrected chi connectivity index (χ2v) is 13.2. The number of hydrogen-bond acceptors (Lipinski definition) is 4. The molecule has 174 valence electrons. The maximum Gasteiger partial charge on any atom is 0.124 e. The minimum atomic E-state index is 0.0661. The zero-order valence-corrected chi connectivity index (χ0v) is 22.4. The summed E-state index contributed by atoms with van der Waals surface area (Å²) in [5.41, 5.74) is 5.17. The quantitative estimate of drug-likeness (QED) is 0.254. The molecule has 0 bridgehead atoms. The van der Waals surface area contributed by atoms with Crippen LogP contribution in [0.25, 0.3) is 41.5 Å². The molecule has 4 heterocycles. The molecule has 0 radical (unpaired) electrons. The van der Waals surface area contributed by atoms with Crippen molar-refractivity contribution in [2.75, 3.05) is 0 Å². The molecule has 0 saturated heterocycles. The van der Waals surface area contributed by atoms with Crippen LogP contribution in [0.1, 0.15) is 65.0 Å². The van der Waals surface area contributed by atoms with Gasteiger partial charge in [0.1, 0.15) is 11.9 Å². The molecule has 2 unspecified atom stereocenters. The largest absolute Gasteiger partial charge is 0.490 e. The Bertz CT molecular complexity index is 1550. The van der Waals surface area contributed by atoms with E-state index in [1.54, 1.807) is 0 Å². The van der Waals surface area contributed by atoms with Gasteiger partial charge in [0.2, 0.25) is 0 Å². The van der Waals surface area contributed by atoms with Crippen LogP contribution in [-0.2, 0) is 5.41 Å². The van der Waals surface area contributed by atoms with Gasteiger partial charge in [-0.15, -0.1) is 22.7 Å². The average molecular weight is 486 g/mol. The monoisotopic (exact) mass is 485 g/mol. The number of hydrogen-bond donors (Lipinski definition) is 0. The van der Waals surface area contributed by atoms with E-state index >= 15 is 0 Å². The molecule has 0 amide bonds. The number of ether oxygens (including phenoxy) is 1. The molecule has 0 fully saturated rings. The number of pyridine rings is 1. The summed E-state index contributed by atoms with van der Waals surface area (Å²) >= 11 is 3.72. The highest BCUT2D eigenvalue weighted by molar-refractivity contribution is 7.26. The first-order valence-electron chi connectivity index (χ1n) is 12.2. The maximum atomic E-state index is 6.39. The highest BCUT2D eigenvalue weighted by atomic mass is 32.1. The fourth-order valence-corrected chi connectivity index (χ4v) is 7.84. The molecule has 4 heteroatoms. The molecule has 0 spiro atoms. The first-order valence-corrected chi connectivity index (χ1v) is 13.9. The van der Waals surface area contributed by atoms with E-state index in [-0.39, 0.29) is 11.5 Å². The van der Waals surface area contributed by atoms with Gasteiger partial charge in [-0.05, 0) is 77.4 Å². The normalized spacial score (nSPS) is 18.3. The molecule has 0 N–H and O–H groups in total. The summed E-state index contributed by atoms with van der Waals surface area (Å²) in [6.45, 7) is 13.8. The molecular weight excluding hydrogens is 454 g/mol. The average Bonchev–Trinajstić information content (AvgIpc) is 3.47. The zero-order valence-electron chi connectivity index (χ0n) is 20.7. The van der Waals surface area contributed by atoms with E-state index in [2.05, 4.69) is 83.3 Å². The van der Waals surface area contributed by atoms with E-state index < -0.39 is 0 Å². The predicted molar refractivity (Wildman–Crippen MR) is 149 cm³/mol. The van der Waals surface area contributed by atoms with Crippen LogP contribution in [0.15, 0.2) is 48.0 Å². The topological polar surface area (TPSA) is 22.1 Å². The van der Waals surface area contributed by atoms with Crippen LogP contribution >= 0.6 is 22.7 Å². The Balaban J connectivity index is 1.68. The summed E-state index contributed by atoms with van der Waals surface area (Å²) in [7, 11) is 0. The second-order valence-electron chi connectivity index (χ2n) is 11.2. The van der Waals surface area contributed by atoms with Gasteiger partial charge in [-0.25, -0.2) is 0 Å². The molecule has 2 aromatic carbocycles. The van der Waals surface area contributed by atoms with Crippen molar-refractivity contribution < 1.29 is 4.74 Å². The number of fused-ring (bicyclic) bond motifs is 6. The lowest BCUT2D eigenvalue weighted by molar-refractivity contribution is 0.214. The lowest BCUT2D eigenvalue weighted by atomic mass is 9.84. The molecule has 0 aliphatic carbocycles. The van der Waals surface area contributed by atoms with E-state index in [4.69, 9.17) is 9.72 Å². The van der Waals surface area contributed by atoms with E-state index in [0.717, 1.165) is 17.9 Å². The number of aromatic nitrogens is 1. The van der Waals surface area contributed by atoms with E-state index in [1.807, 2.05) is 28.9 Å². The SMILES string of the molecule is CC(C)CC1c2c(ccc3sc4ccnc(-c5cc(C(C)(C)C)c6sccc6c5)c4c23)OC1C. The first kappa shape index (κ1) is 22.1. The van der Waals surface area contributed by atoms with E-state index in [9.17, 15) is 0 Å². The minimum absolute atomic E-state index is 0.0661. The Morgan fingerprint density at radius 1 is 1.03 bits per heavy atom. The highest BCUT2D eigenvalue weighted by Gasteiger charge is 2.35. The molecule has 1 aliphatic rings. The van der Waals surface area contributed by atoms with Gasteiger partial charge >= 0.3 is 0 Å². The first-order chi connectivity index (χ1) is 16.2. The molecule has 2 nitrogen and oxygen atoms in total. The number of benzene rings is 2. The summed E-state index contributed by atoms with van der Waals surface area (Å²) in [5.74, 6) is 2.09. The molecular formula is C30H31NOS2. The smallest absolute Gasteiger partial charge is 0.124 e. The van der Waals surface area contributed by atoms with Gasteiger partial charge in [0, 0.05) is 48.1 Å². The van der Waals surface area contributed by atoms with Gasteiger partial charge in [0.05, 0.1) is 5.69 Å². The number of nitrogens with zero attached hydrogens (tertiary/aromatic N) is 1. The number of rotatable bonds is 3. The third-order valence-electron chi connectivity index (χ3n) is 7.16. The van der Waals surface area contributed by atoms with Crippen molar-refractivity contribution in [2.45, 2.75) is 65.4 Å². The summed E-state index contributed by atoms with van der Waals surface area (Å²) in [6, 6.07) is 13.6. The minimum Gasteiger partial charge on any atom is -0.490 e. The van der Waals surface area contributed by atoms with Crippen molar-refractivity contribution in [3.8, 4) is 17.0 Å². The van der Waals surface area contributed by atoms with Gasteiger partial charge in [-0.2, -0.15) is 0 Å². The number of thiophene rings is 2. The fraction of sp³-hybridized carbons (Fsp3) is 0.367. The van der Waals surface area contributed by atoms with Crippen LogP contribution in [-0.4, -0.2) is 11.1 Å². The van der Waals surface area contributed by atoms with Crippen LogP contribution < -0.4 is 4.74 Å². The third-order valence-corrected chi connectivity index (χ3v) is 9.24. The van der Waals surface area contributed by atoms with Crippen molar-refractivity contribution in [2.24, 2.45) is 5.92 Å². The molecule has 2 atom stereocenters. The van der Waals surface area contributed by atoms with E-state index in [1.165, 1.54) is 46.9 Å². The van der Waals surface area contributed by atoms with Crippen LogP contribution in [0, 0.1) is 5.92 Å². The standard InChI is InChI=1S/C30H31NOS2/c1-16(2)13-20-17(3)32-22-7-8-23-26(25(20)22)27-24(34-23)9-11-31-28(27)19-14-18-10-12-33-29(18)21(15-19)30(4,5)6/h7-12,14-17,20H,13H2,1-6H3. The van der Waals surface area contributed by atoms with Crippen LogP contribution in [0.5, 0.6) is 5.75 Å². The molecule has 0 saturated carbocycles. The summed E-state index contributed by atoms with van der Waals surface area (Å²) in [4.78, 5) is 5.01. The fourth-order valence-electron chi connectivity index (χ4n) is 5.61. The molecule has 6 rings (SSSR count). The summed E-state index contributed by atoms with van der Waals surface area (Å²) in [5, 5.41) is 6.17. The molecule has 34 heavy (non-hydrogen) atoms. The van der Waals surface area contributed by atoms with Crippen molar-refractivity contribution in [3.63, 3.8) is 0 Å². The lowest BCUT2D eigenvalue weighted by Gasteiger charge is -2.21. The van der Waals surface area contributed by atoms with Gasteiger partial charge in [0.25, 0.3) is 0 Å².